The van der Waals surface area contributed by atoms with Gasteiger partial charge in [-0.2, -0.15) is 0 Å². The van der Waals surface area contributed by atoms with Crippen LogP contribution in [-0.4, -0.2) is 64.6 Å². The molecule has 3 fully saturated rings. The number of hydrogen-bond donors (Lipinski definition) is 2. The zero-order valence-corrected chi connectivity index (χ0v) is 30.6. The summed E-state index contributed by atoms with van der Waals surface area (Å²) in [5, 5.41) is 12.1. The number of carbonyl (C=O) groups is 3. The summed E-state index contributed by atoms with van der Waals surface area (Å²) in [6.45, 7) is 3.23. The third kappa shape index (κ3) is 9.62. The Hall–Kier alpha value is -4.87. The van der Waals surface area contributed by atoms with Crippen LogP contribution in [0.25, 0.3) is 11.1 Å². The van der Waals surface area contributed by atoms with Crippen molar-refractivity contribution in [2.24, 2.45) is 0 Å². The van der Waals surface area contributed by atoms with Gasteiger partial charge in [-0.25, -0.2) is 4.79 Å². The third-order valence-electron chi connectivity index (χ3n) is 10.6. The van der Waals surface area contributed by atoms with E-state index in [2.05, 4.69) is 10.2 Å². The fraction of sp³-hybridized carbons (Fsp3) is 0.386. The first-order valence-corrected chi connectivity index (χ1v) is 19.2. The molecule has 0 aliphatic carbocycles. The predicted molar refractivity (Wildman–Crippen MR) is 204 cm³/mol. The van der Waals surface area contributed by atoms with E-state index in [9.17, 15) is 19.5 Å². The number of imide groups is 1. The van der Waals surface area contributed by atoms with Gasteiger partial charge >= 0.3 is 6.09 Å². The maximum Gasteiger partial charge on any atom is 0.408 e. The minimum atomic E-state index is -0.964. The molecule has 0 aromatic heterocycles. The lowest BCUT2D eigenvalue weighted by atomic mass is 9.98. The summed E-state index contributed by atoms with van der Waals surface area (Å²) >= 11 is 0. The lowest BCUT2D eigenvalue weighted by molar-refractivity contribution is -0.253. The van der Waals surface area contributed by atoms with Crippen LogP contribution in [0, 0.1) is 0 Å². The second kappa shape index (κ2) is 18.0. The van der Waals surface area contributed by atoms with Crippen LogP contribution in [-0.2, 0) is 43.6 Å². The molecule has 3 aliphatic rings. The largest absolute Gasteiger partial charge is 0.445 e. The molecule has 4 unspecified atom stereocenters. The van der Waals surface area contributed by atoms with Gasteiger partial charge in [0.2, 0.25) is 5.91 Å². The van der Waals surface area contributed by atoms with Crippen molar-refractivity contribution < 1.29 is 33.7 Å². The van der Waals surface area contributed by atoms with Crippen LogP contribution in [0.3, 0.4) is 0 Å². The van der Waals surface area contributed by atoms with Gasteiger partial charge in [0.1, 0.15) is 12.6 Å². The van der Waals surface area contributed by atoms with E-state index >= 15 is 0 Å². The highest BCUT2D eigenvalue weighted by Gasteiger charge is 2.40. The Morgan fingerprint density at radius 1 is 0.759 bits per heavy atom. The number of aliphatic hydroxyl groups is 1. The van der Waals surface area contributed by atoms with Gasteiger partial charge in [0.25, 0.3) is 5.91 Å². The summed E-state index contributed by atoms with van der Waals surface area (Å²) in [6.07, 6.45) is 5.56. The fourth-order valence-corrected chi connectivity index (χ4v) is 7.55. The molecule has 2 N–H and O–H groups in total. The van der Waals surface area contributed by atoms with E-state index in [4.69, 9.17) is 14.2 Å². The van der Waals surface area contributed by atoms with Crippen molar-refractivity contribution in [2.75, 3.05) is 19.6 Å². The Morgan fingerprint density at radius 3 is 2.20 bits per heavy atom. The summed E-state index contributed by atoms with van der Waals surface area (Å²) < 4.78 is 18.5. The molecule has 4 aromatic rings. The smallest absolute Gasteiger partial charge is 0.408 e. The number of amides is 3. The van der Waals surface area contributed by atoms with Gasteiger partial charge in [-0.05, 0) is 65.4 Å². The zero-order chi connectivity index (χ0) is 37.3. The number of nitrogens with one attached hydrogen (secondary N) is 1. The first-order chi connectivity index (χ1) is 26.4. The lowest BCUT2D eigenvalue weighted by Crippen LogP contribution is -2.41. The van der Waals surface area contributed by atoms with E-state index in [1.54, 1.807) is 0 Å². The Kier molecular flexibility index (Phi) is 12.5. The molecule has 54 heavy (non-hydrogen) atoms. The first-order valence-electron chi connectivity index (χ1n) is 19.2. The summed E-state index contributed by atoms with van der Waals surface area (Å²) in [5.74, 6) is -0.797. The quantitative estimate of drug-likeness (QED) is 0.156. The minimum Gasteiger partial charge on any atom is -0.445 e. The molecule has 3 amide bonds. The van der Waals surface area contributed by atoms with Crippen molar-refractivity contribution in [2.45, 2.75) is 89.2 Å². The summed E-state index contributed by atoms with van der Waals surface area (Å²) in [4.78, 5) is 42.2. The normalized spacial score (nSPS) is 22.4. The Balaban J connectivity index is 0.999. The zero-order valence-electron chi connectivity index (χ0n) is 30.6. The summed E-state index contributed by atoms with van der Waals surface area (Å²) in [6, 6.07) is 32.2. The van der Waals surface area contributed by atoms with Gasteiger partial charge < -0.3 is 29.5 Å². The van der Waals surface area contributed by atoms with Gasteiger partial charge in [0.05, 0.1) is 31.8 Å². The average molecular weight is 732 g/mol. The van der Waals surface area contributed by atoms with Crippen molar-refractivity contribution in [3.63, 3.8) is 0 Å². The molecular weight excluding hydrogens is 682 g/mol. The van der Waals surface area contributed by atoms with E-state index in [1.165, 1.54) is 37.0 Å². The average Bonchev–Trinajstić information content (AvgIpc) is 3.45. The molecule has 10 heteroatoms. The summed E-state index contributed by atoms with van der Waals surface area (Å²) in [7, 11) is 0. The molecule has 7 rings (SSSR count). The van der Waals surface area contributed by atoms with Crippen LogP contribution >= 0.6 is 0 Å². The molecule has 3 saturated heterocycles. The van der Waals surface area contributed by atoms with E-state index in [-0.39, 0.29) is 44.3 Å². The number of benzene rings is 4. The van der Waals surface area contributed by atoms with Crippen LogP contribution in [0.15, 0.2) is 103 Å². The molecule has 0 spiro atoms. The molecule has 4 aromatic carbocycles. The Morgan fingerprint density at radius 2 is 1.46 bits per heavy atom. The number of hydrogen-bond acceptors (Lipinski definition) is 8. The molecule has 10 nitrogen and oxygen atoms in total. The molecule has 0 bridgehead atoms. The number of rotatable bonds is 11. The number of nitrogens with zero attached hydrogens (tertiary/aromatic N) is 2. The molecule has 4 atom stereocenters. The van der Waals surface area contributed by atoms with Gasteiger partial charge in [-0.1, -0.05) is 116 Å². The fourth-order valence-electron chi connectivity index (χ4n) is 7.55. The lowest BCUT2D eigenvalue weighted by Gasteiger charge is -2.38. The Bertz CT molecular complexity index is 1860. The maximum atomic E-state index is 13.2. The predicted octanol–water partition coefficient (Wildman–Crippen LogP) is 7.21. The van der Waals surface area contributed by atoms with Crippen molar-refractivity contribution in [1.82, 2.24) is 15.1 Å². The van der Waals surface area contributed by atoms with Crippen LogP contribution in [0.4, 0.5) is 4.79 Å². The maximum absolute atomic E-state index is 13.2. The van der Waals surface area contributed by atoms with Crippen LogP contribution < -0.4 is 5.32 Å². The van der Waals surface area contributed by atoms with Crippen molar-refractivity contribution in [1.29, 1.82) is 0 Å². The minimum absolute atomic E-state index is 0.00471. The highest BCUT2D eigenvalue weighted by Crippen LogP contribution is 2.39. The van der Waals surface area contributed by atoms with E-state index in [0.717, 1.165) is 65.0 Å². The second-order valence-electron chi connectivity index (χ2n) is 14.5. The topological polar surface area (TPSA) is 118 Å². The monoisotopic (exact) mass is 731 g/mol. The number of alkyl carbamates (subject to hydrolysis) is 1. The Labute approximate surface area is 317 Å². The molecule has 0 radical (unpaired) electrons. The van der Waals surface area contributed by atoms with Crippen molar-refractivity contribution in [3.8, 4) is 11.1 Å². The highest BCUT2D eigenvalue weighted by atomic mass is 16.7. The molecule has 3 heterocycles. The third-order valence-corrected chi connectivity index (χ3v) is 10.6. The number of carbonyl (C=O) groups excluding carboxylic acids is 3. The highest BCUT2D eigenvalue weighted by molar-refractivity contribution is 6.06. The molecule has 3 aliphatic heterocycles. The van der Waals surface area contributed by atoms with Gasteiger partial charge in [0.15, 0.2) is 6.29 Å². The molecule has 0 saturated carbocycles. The number of likely N-dealkylation sites (tertiary alicyclic amines) is 2. The summed E-state index contributed by atoms with van der Waals surface area (Å²) in [5.41, 5.74) is 6.42. The van der Waals surface area contributed by atoms with Crippen molar-refractivity contribution >= 4 is 17.9 Å². The molecule has 282 valence electrons. The van der Waals surface area contributed by atoms with Gasteiger partial charge in [-0.3, -0.25) is 14.5 Å². The number of aliphatic hydroxyl groups excluding tert-OH is 1. The molecular formula is C44H49N3O7. The van der Waals surface area contributed by atoms with Gasteiger partial charge in [0, 0.05) is 18.5 Å². The first kappa shape index (κ1) is 37.4. The van der Waals surface area contributed by atoms with Gasteiger partial charge in [-0.15, -0.1) is 0 Å². The second-order valence-corrected chi connectivity index (χ2v) is 14.5. The van der Waals surface area contributed by atoms with Crippen molar-refractivity contribution in [3.05, 3.63) is 131 Å². The van der Waals surface area contributed by atoms with E-state index in [1.807, 2.05) is 103 Å². The van der Waals surface area contributed by atoms with Crippen LogP contribution in [0.1, 0.15) is 85.2 Å². The SMILES string of the molecule is O=C(NC1CC(=O)N(Cc2cccc(-c3ccc(C4OC(CN5CCCCCCC5)CC(c5ccc(CO)cc5)O4)cc3)c2)C1=O)OCc1ccccc1. The van der Waals surface area contributed by atoms with Crippen LogP contribution in [0.5, 0.6) is 0 Å². The number of ether oxygens (including phenoxy) is 3. The van der Waals surface area contributed by atoms with Crippen LogP contribution in [0.2, 0.25) is 0 Å². The standard InChI is InChI=1S/C44H49N3O7/c48-29-31-14-16-35(17-15-31)40-25-38(28-46-22-7-2-1-3-8-23-46)53-43(54-40)36-20-18-34(19-21-36)37-13-9-12-33(24-37)27-47-41(49)26-39(42(47)50)45-44(51)52-30-32-10-5-4-6-11-32/h4-6,9-21,24,38-40,43,48H,1-3,7-8,22-23,25-30H2,(H,45,51). The van der Waals surface area contributed by atoms with E-state index in [0.29, 0.717) is 0 Å². The van der Waals surface area contributed by atoms with E-state index < -0.39 is 24.3 Å².